The molecule has 0 radical (unpaired) electrons. The molecule has 2 atom stereocenters. The minimum Gasteiger partial charge on any atom is -0.396 e. The third kappa shape index (κ3) is 1.64. The topological polar surface area (TPSA) is 23.5 Å². The zero-order chi connectivity index (χ0) is 8.55. The van der Waals surface area contributed by atoms with Crippen molar-refractivity contribution < 1.29 is 5.11 Å². The molecular formula is C10H19NO. The molecule has 2 unspecified atom stereocenters. The molecule has 2 nitrogen and oxygen atoms in total. The van der Waals surface area contributed by atoms with Crippen LogP contribution in [0, 0.1) is 17.8 Å². The molecule has 0 spiro atoms. The van der Waals surface area contributed by atoms with E-state index in [0.29, 0.717) is 12.5 Å². The van der Waals surface area contributed by atoms with Crippen LogP contribution in [0.2, 0.25) is 0 Å². The summed E-state index contributed by atoms with van der Waals surface area (Å²) in [5.74, 6) is 2.47. The molecule has 2 aliphatic rings. The molecule has 1 N–H and O–H groups in total. The Morgan fingerprint density at radius 1 is 1.33 bits per heavy atom. The van der Waals surface area contributed by atoms with Crippen molar-refractivity contribution in [2.45, 2.75) is 19.3 Å². The summed E-state index contributed by atoms with van der Waals surface area (Å²) in [6.45, 7) is 2.95. The van der Waals surface area contributed by atoms with E-state index in [4.69, 9.17) is 5.11 Å². The normalized spacial score (nSPS) is 38.5. The van der Waals surface area contributed by atoms with Crippen LogP contribution in [0.3, 0.4) is 0 Å². The second-order valence-corrected chi connectivity index (χ2v) is 4.48. The van der Waals surface area contributed by atoms with Crippen molar-refractivity contribution in [2.24, 2.45) is 17.8 Å². The lowest BCUT2D eigenvalue weighted by molar-refractivity contribution is 0.188. The highest BCUT2D eigenvalue weighted by Gasteiger charge is 2.42. The van der Waals surface area contributed by atoms with Crippen molar-refractivity contribution in [1.29, 1.82) is 0 Å². The van der Waals surface area contributed by atoms with Crippen LogP contribution in [0.25, 0.3) is 0 Å². The largest absolute Gasteiger partial charge is 0.396 e. The molecule has 1 heterocycles. The fourth-order valence-electron chi connectivity index (χ4n) is 2.52. The van der Waals surface area contributed by atoms with Gasteiger partial charge < -0.3 is 10.0 Å². The van der Waals surface area contributed by atoms with E-state index < -0.39 is 0 Å². The summed E-state index contributed by atoms with van der Waals surface area (Å²) in [5.41, 5.74) is 0. The average Bonchev–Trinajstić information content (AvgIpc) is 2.85. The second kappa shape index (κ2) is 3.35. The molecule has 0 bridgehead atoms. The Kier molecular flexibility index (Phi) is 2.37. The smallest absolute Gasteiger partial charge is 0.0462 e. The number of hydrogen-bond acceptors (Lipinski definition) is 2. The highest BCUT2D eigenvalue weighted by atomic mass is 16.3. The highest BCUT2D eigenvalue weighted by Crippen LogP contribution is 2.47. The fraction of sp³-hybridized carbons (Fsp3) is 1.00. The second-order valence-electron chi connectivity index (χ2n) is 4.48. The van der Waals surface area contributed by atoms with Crippen LogP contribution in [0.4, 0.5) is 0 Å². The zero-order valence-corrected chi connectivity index (χ0v) is 7.87. The van der Waals surface area contributed by atoms with Gasteiger partial charge in [0.2, 0.25) is 0 Å². The quantitative estimate of drug-likeness (QED) is 0.665. The molecule has 1 saturated heterocycles. The third-order valence-electron chi connectivity index (χ3n) is 3.58. The van der Waals surface area contributed by atoms with E-state index in [1.165, 1.54) is 32.4 Å². The molecule has 0 amide bonds. The number of aliphatic hydroxyl groups excluding tert-OH is 1. The first kappa shape index (κ1) is 8.52. The molecule has 1 saturated carbocycles. The van der Waals surface area contributed by atoms with E-state index in [1.54, 1.807) is 0 Å². The molecule has 1 aliphatic heterocycles. The summed E-state index contributed by atoms with van der Waals surface area (Å²) >= 11 is 0. The number of likely N-dealkylation sites (tertiary alicyclic amines) is 1. The number of hydrogen-bond donors (Lipinski definition) is 1. The van der Waals surface area contributed by atoms with E-state index >= 15 is 0 Å². The molecule has 2 rings (SSSR count). The Hall–Kier alpha value is -0.0800. The van der Waals surface area contributed by atoms with E-state index in [2.05, 4.69) is 11.9 Å². The van der Waals surface area contributed by atoms with Crippen LogP contribution in [-0.4, -0.2) is 36.8 Å². The van der Waals surface area contributed by atoms with Gasteiger partial charge in [-0.15, -0.1) is 0 Å². The van der Waals surface area contributed by atoms with Crippen molar-refractivity contribution in [1.82, 2.24) is 4.90 Å². The summed E-state index contributed by atoms with van der Waals surface area (Å²) in [7, 11) is 2.20. The molecule has 70 valence electrons. The Labute approximate surface area is 74.6 Å². The van der Waals surface area contributed by atoms with Gasteiger partial charge in [0.15, 0.2) is 0 Å². The standard InChI is InChI=1S/C10H19NO/c1-11-4-2-8(3-5-11)10-6-9(10)7-12/h8-10,12H,2-7H2,1H3. The first-order chi connectivity index (χ1) is 5.81. The lowest BCUT2D eigenvalue weighted by Crippen LogP contribution is -2.31. The van der Waals surface area contributed by atoms with Gasteiger partial charge in [0, 0.05) is 6.61 Å². The maximum atomic E-state index is 8.95. The van der Waals surface area contributed by atoms with E-state index in [1.807, 2.05) is 0 Å². The number of nitrogens with zero attached hydrogens (tertiary/aromatic N) is 1. The molecule has 0 aromatic rings. The molecule has 2 fully saturated rings. The van der Waals surface area contributed by atoms with Crippen molar-refractivity contribution >= 4 is 0 Å². The molecule has 12 heavy (non-hydrogen) atoms. The Morgan fingerprint density at radius 2 is 2.00 bits per heavy atom. The minimum absolute atomic E-state index is 0.428. The molecule has 0 aromatic carbocycles. The first-order valence-electron chi connectivity index (χ1n) is 5.10. The van der Waals surface area contributed by atoms with Crippen LogP contribution in [0.15, 0.2) is 0 Å². The van der Waals surface area contributed by atoms with Gasteiger partial charge in [0.25, 0.3) is 0 Å². The maximum absolute atomic E-state index is 8.95. The molecule has 2 heteroatoms. The van der Waals surface area contributed by atoms with Crippen LogP contribution in [0.1, 0.15) is 19.3 Å². The number of rotatable bonds is 2. The Bertz CT molecular complexity index is 152. The predicted molar refractivity (Wildman–Crippen MR) is 48.9 cm³/mol. The molecule has 1 aliphatic carbocycles. The SMILES string of the molecule is CN1CCC(C2CC2CO)CC1. The third-order valence-corrected chi connectivity index (χ3v) is 3.58. The van der Waals surface area contributed by atoms with Gasteiger partial charge in [0.05, 0.1) is 0 Å². The Morgan fingerprint density at radius 3 is 2.50 bits per heavy atom. The summed E-state index contributed by atoms with van der Waals surface area (Å²) in [4.78, 5) is 2.41. The van der Waals surface area contributed by atoms with Gasteiger partial charge in [-0.1, -0.05) is 0 Å². The minimum atomic E-state index is 0.428. The van der Waals surface area contributed by atoms with E-state index in [0.717, 1.165) is 11.8 Å². The number of aliphatic hydroxyl groups is 1. The van der Waals surface area contributed by atoms with Crippen LogP contribution in [0.5, 0.6) is 0 Å². The van der Waals surface area contributed by atoms with Crippen molar-refractivity contribution in [3.05, 3.63) is 0 Å². The van der Waals surface area contributed by atoms with Gasteiger partial charge in [-0.25, -0.2) is 0 Å². The van der Waals surface area contributed by atoms with Gasteiger partial charge in [0.1, 0.15) is 0 Å². The molecular weight excluding hydrogens is 150 g/mol. The first-order valence-corrected chi connectivity index (χ1v) is 5.10. The summed E-state index contributed by atoms with van der Waals surface area (Å²) < 4.78 is 0. The zero-order valence-electron chi connectivity index (χ0n) is 7.87. The summed E-state index contributed by atoms with van der Waals surface area (Å²) in [6.07, 6.45) is 4.01. The Balaban J connectivity index is 1.76. The van der Waals surface area contributed by atoms with E-state index in [9.17, 15) is 0 Å². The van der Waals surface area contributed by atoms with E-state index in [-0.39, 0.29) is 0 Å². The summed E-state index contributed by atoms with van der Waals surface area (Å²) in [6, 6.07) is 0. The van der Waals surface area contributed by atoms with Crippen LogP contribution < -0.4 is 0 Å². The number of piperidine rings is 1. The van der Waals surface area contributed by atoms with Gasteiger partial charge in [-0.3, -0.25) is 0 Å². The van der Waals surface area contributed by atoms with Crippen LogP contribution in [-0.2, 0) is 0 Å². The van der Waals surface area contributed by atoms with Gasteiger partial charge in [-0.05, 0) is 57.2 Å². The van der Waals surface area contributed by atoms with Crippen molar-refractivity contribution in [3.8, 4) is 0 Å². The lowest BCUT2D eigenvalue weighted by Gasteiger charge is -2.29. The monoisotopic (exact) mass is 169 g/mol. The van der Waals surface area contributed by atoms with Crippen molar-refractivity contribution in [2.75, 3.05) is 26.7 Å². The summed E-state index contributed by atoms with van der Waals surface area (Å²) in [5, 5.41) is 8.95. The fourth-order valence-corrected chi connectivity index (χ4v) is 2.52. The average molecular weight is 169 g/mol. The predicted octanol–water partition coefficient (Wildman–Crippen LogP) is 0.957. The maximum Gasteiger partial charge on any atom is 0.0462 e. The van der Waals surface area contributed by atoms with Gasteiger partial charge in [-0.2, -0.15) is 0 Å². The lowest BCUT2D eigenvalue weighted by atomic mass is 9.91. The van der Waals surface area contributed by atoms with Gasteiger partial charge >= 0.3 is 0 Å². The van der Waals surface area contributed by atoms with Crippen molar-refractivity contribution in [3.63, 3.8) is 0 Å². The molecule has 0 aromatic heterocycles. The van der Waals surface area contributed by atoms with Crippen LogP contribution >= 0.6 is 0 Å². The highest BCUT2D eigenvalue weighted by molar-refractivity contribution is 4.92.